The van der Waals surface area contributed by atoms with E-state index in [2.05, 4.69) is 62.5 Å². The Labute approximate surface area is 191 Å². The smallest absolute Gasteiger partial charge is 0.131 e. The third-order valence-electron chi connectivity index (χ3n) is 5.89. The lowest BCUT2D eigenvalue weighted by atomic mass is 9.91. The van der Waals surface area contributed by atoms with Crippen LogP contribution in [-0.4, -0.2) is 17.2 Å². The Morgan fingerprint density at radius 1 is 0.969 bits per heavy atom. The maximum atomic E-state index is 14.3. The van der Waals surface area contributed by atoms with Crippen molar-refractivity contribution in [1.82, 2.24) is 4.98 Å². The predicted molar refractivity (Wildman–Crippen MR) is 136 cm³/mol. The summed E-state index contributed by atoms with van der Waals surface area (Å²) in [6.07, 6.45) is 2.11. The molecular weight excluding hydrogens is 395 g/mol. The van der Waals surface area contributed by atoms with Crippen LogP contribution in [0, 0.1) is 40.4 Å². The molecule has 1 aromatic heterocycles. The van der Waals surface area contributed by atoms with E-state index in [1.807, 2.05) is 32.9 Å². The maximum Gasteiger partial charge on any atom is 0.131 e. The van der Waals surface area contributed by atoms with Gasteiger partial charge in [-0.15, -0.1) is 0 Å². The molecule has 0 unspecified atom stereocenters. The fraction of sp³-hybridized carbons (Fsp3) is 0.276. The van der Waals surface area contributed by atoms with Gasteiger partial charge in [-0.2, -0.15) is 0 Å². The molecule has 2 aromatic carbocycles. The number of aromatic nitrogens is 1. The molecule has 0 bridgehead atoms. The molecule has 32 heavy (non-hydrogen) atoms. The average molecular weight is 429 g/mol. The Bertz CT molecular complexity index is 1220. The summed E-state index contributed by atoms with van der Waals surface area (Å²) in [5.41, 5.74) is 12.9. The highest BCUT2D eigenvalue weighted by Gasteiger charge is 2.19. The Hall–Kier alpha value is -3.20. The second kappa shape index (κ2) is 9.52. The standard InChI is InChI=1S/C23H24FN.C6H9N/c1-13-11-14(2)21(15(3)12-13)16(4)23-17(5)22(18(6)25-23)19-9-7-8-10-20(19)24;1-5-3-6(2)7-4-5/h7-12,25H,4H2,1-3,5-6H3;3H,4H2,1-2H3. The number of aryl methyl sites for hydroxylation is 4. The molecule has 0 radical (unpaired) electrons. The first kappa shape index (κ1) is 23.5. The minimum absolute atomic E-state index is 0.201. The van der Waals surface area contributed by atoms with E-state index < -0.39 is 0 Å². The van der Waals surface area contributed by atoms with E-state index in [4.69, 9.17) is 0 Å². The van der Waals surface area contributed by atoms with Gasteiger partial charge >= 0.3 is 0 Å². The van der Waals surface area contributed by atoms with Crippen LogP contribution in [0.5, 0.6) is 0 Å². The highest BCUT2D eigenvalue weighted by atomic mass is 19.1. The minimum atomic E-state index is -0.201. The van der Waals surface area contributed by atoms with Gasteiger partial charge in [-0.05, 0) is 88.4 Å². The first-order chi connectivity index (χ1) is 15.1. The third kappa shape index (κ3) is 4.83. The molecule has 0 atom stereocenters. The Morgan fingerprint density at radius 2 is 1.59 bits per heavy atom. The molecule has 0 saturated carbocycles. The summed E-state index contributed by atoms with van der Waals surface area (Å²) in [4.78, 5) is 7.58. The summed E-state index contributed by atoms with van der Waals surface area (Å²) in [6.45, 7) is 19.7. The van der Waals surface area contributed by atoms with Gasteiger partial charge in [0.15, 0.2) is 0 Å². The van der Waals surface area contributed by atoms with Gasteiger partial charge in [0.05, 0.1) is 6.54 Å². The van der Waals surface area contributed by atoms with Crippen molar-refractivity contribution in [2.24, 2.45) is 4.99 Å². The van der Waals surface area contributed by atoms with Gasteiger partial charge in [0, 0.05) is 28.2 Å². The van der Waals surface area contributed by atoms with Gasteiger partial charge in [0.2, 0.25) is 0 Å². The fourth-order valence-corrected chi connectivity index (χ4v) is 4.60. The lowest BCUT2D eigenvalue weighted by molar-refractivity contribution is 0.631. The zero-order chi connectivity index (χ0) is 23.6. The Balaban J connectivity index is 0.000000352. The molecule has 1 aliphatic heterocycles. The van der Waals surface area contributed by atoms with Gasteiger partial charge in [0.1, 0.15) is 5.82 Å². The summed E-state index contributed by atoms with van der Waals surface area (Å²) in [6, 6.07) is 11.3. The number of rotatable bonds is 3. The summed E-state index contributed by atoms with van der Waals surface area (Å²) in [7, 11) is 0. The zero-order valence-corrected chi connectivity index (χ0v) is 20.3. The van der Waals surface area contributed by atoms with E-state index in [1.54, 1.807) is 6.07 Å². The quantitative estimate of drug-likeness (QED) is 0.440. The fourth-order valence-electron chi connectivity index (χ4n) is 4.60. The van der Waals surface area contributed by atoms with Crippen molar-refractivity contribution in [2.75, 3.05) is 6.54 Å². The van der Waals surface area contributed by atoms with Crippen molar-refractivity contribution in [3.8, 4) is 11.1 Å². The van der Waals surface area contributed by atoms with Crippen molar-refractivity contribution in [2.45, 2.75) is 48.5 Å². The van der Waals surface area contributed by atoms with Gasteiger partial charge in [-0.25, -0.2) is 4.39 Å². The molecule has 2 heterocycles. The van der Waals surface area contributed by atoms with Crippen LogP contribution in [0.15, 0.2) is 59.6 Å². The van der Waals surface area contributed by atoms with Crippen molar-refractivity contribution in [1.29, 1.82) is 0 Å². The van der Waals surface area contributed by atoms with Crippen LogP contribution in [-0.2, 0) is 0 Å². The van der Waals surface area contributed by atoms with Crippen LogP contribution in [0.4, 0.5) is 4.39 Å². The molecule has 4 rings (SSSR count). The van der Waals surface area contributed by atoms with Gasteiger partial charge in [-0.1, -0.05) is 48.0 Å². The van der Waals surface area contributed by atoms with Crippen LogP contribution in [0.25, 0.3) is 16.7 Å². The Morgan fingerprint density at radius 3 is 2.09 bits per heavy atom. The number of H-pyrrole nitrogens is 1. The molecule has 3 heteroatoms. The van der Waals surface area contributed by atoms with Crippen molar-refractivity contribution in [3.05, 3.63) is 99.6 Å². The van der Waals surface area contributed by atoms with Gasteiger partial charge < -0.3 is 4.98 Å². The van der Waals surface area contributed by atoms with E-state index in [0.717, 1.165) is 45.9 Å². The normalized spacial score (nSPS) is 12.8. The topological polar surface area (TPSA) is 28.1 Å². The van der Waals surface area contributed by atoms with Crippen LogP contribution in [0.1, 0.15) is 53.1 Å². The Kier molecular flexibility index (Phi) is 6.98. The lowest BCUT2D eigenvalue weighted by Crippen LogP contribution is -1.97. The number of aromatic amines is 1. The van der Waals surface area contributed by atoms with Crippen molar-refractivity contribution < 1.29 is 4.39 Å². The second-order valence-corrected chi connectivity index (χ2v) is 8.81. The molecule has 3 aromatic rings. The monoisotopic (exact) mass is 428 g/mol. The first-order valence-electron chi connectivity index (χ1n) is 11.0. The second-order valence-electron chi connectivity index (χ2n) is 8.81. The largest absolute Gasteiger partial charge is 0.358 e. The van der Waals surface area contributed by atoms with E-state index >= 15 is 0 Å². The lowest BCUT2D eigenvalue weighted by Gasteiger charge is -2.14. The molecule has 0 saturated heterocycles. The van der Waals surface area contributed by atoms with E-state index in [-0.39, 0.29) is 5.82 Å². The number of nitrogens with zero attached hydrogens (tertiary/aromatic N) is 1. The van der Waals surface area contributed by atoms with Crippen molar-refractivity contribution >= 4 is 11.3 Å². The predicted octanol–water partition coefficient (Wildman–Crippen LogP) is 7.83. The maximum absolute atomic E-state index is 14.3. The van der Waals surface area contributed by atoms with E-state index in [1.165, 1.54) is 28.3 Å². The highest BCUT2D eigenvalue weighted by Crippen LogP contribution is 2.37. The third-order valence-corrected chi connectivity index (χ3v) is 5.89. The first-order valence-corrected chi connectivity index (χ1v) is 11.0. The molecular formula is C29H33FN2. The number of aliphatic imine (C=N–C) groups is 1. The van der Waals surface area contributed by atoms with Crippen LogP contribution in [0.2, 0.25) is 0 Å². The van der Waals surface area contributed by atoms with Crippen LogP contribution in [0.3, 0.4) is 0 Å². The molecule has 1 N–H and O–H groups in total. The number of hydrogen-bond donors (Lipinski definition) is 1. The number of hydrogen-bond acceptors (Lipinski definition) is 1. The number of nitrogens with one attached hydrogen (secondary N) is 1. The SMILES string of the molecule is C=C(c1[nH]c(C)c(-c2ccccc2F)c1C)c1c(C)cc(C)cc1C.CC1=CC(C)=NC1. The molecule has 0 aliphatic carbocycles. The summed E-state index contributed by atoms with van der Waals surface area (Å²) in [5, 5.41) is 0. The highest BCUT2D eigenvalue weighted by molar-refractivity contribution is 5.95. The molecule has 1 aliphatic rings. The molecule has 0 fully saturated rings. The zero-order valence-electron chi connectivity index (χ0n) is 20.3. The molecule has 0 spiro atoms. The van der Waals surface area contributed by atoms with Crippen LogP contribution >= 0.6 is 0 Å². The molecule has 0 amide bonds. The average Bonchev–Trinajstić information content (AvgIpc) is 3.23. The van der Waals surface area contributed by atoms with Gasteiger partial charge in [-0.3, -0.25) is 4.99 Å². The number of benzene rings is 2. The van der Waals surface area contributed by atoms with E-state index in [0.29, 0.717) is 5.56 Å². The minimum Gasteiger partial charge on any atom is -0.358 e. The summed E-state index contributed by atoms with van der Waals surface area (Å²) < 4.78 is 14.3. The molecule has 166 valence electrons. The molecule has 2 nitrogen and oxygen atoms in total. The number of allylic oxidation sites excluding steroid dienone is 1. The number of halogens is 1. The van der Waals surface area contributed by atoms with E-state index in [9.17, 15) is 4.39 Å². The van der Waals surface area contributed by atoms with Gasteiger partial charge in [0.25, 0.3) is 0 Å². The van der Waals surface area contributed by atoms with Crippen molar-refractivity contribution in [3.63, 3.8) is 0 Å². The summed E-state index contributed by atoms with van der Waals surface area (Å²) in [5.74, 6) is -0.201. The summed E-state index contributed by atoms with van der Waals surface area (Å²) >= 11 is 0. The van der Waals surface area contributed by atoms with Crippen LogP contribution < -0.4 is 0 Å².